The molecule has 1 heterocycles. The second-order valence-corrected chi connectivity index (χ2v) is 18.4. The third-order valence-electron chi connectivity index (χ3n) is 7.43. The summed E-state index contributed by atoms with van der Waals surface area (Å²) in [7, 11) is -1.85. The summed E-state index contributed by atoms with van der Waals surface area (Å²) < 4.78 is 12.7. The molecule has 0 spiro atoms. The van der Waals surface area contributed by atoms with Crippen molar-refractivity contribution in [2.45, 2.75) is 108 Å². The van der Waals surface area contributed by atoms with Gasteiger partial charge in [-0.1, -0.05) is 50.3 Å². The number of rotatable bonds is 14. The average molecular weight is 554 g/mol. The number of thiazole rings is 1. The van der Waals surface area contributed by atoms with Gasteiger partial charge in [0.15, 0.2) is 18.4 Å². The van der Waals surface area contributed by atoms with Crippen molar-refractivity contribution in [3.63, 3.8) is 0 Å². The van der Waals surface area contributed by atoms with E-state index in [1.54, 1.807) is 24.1 Å². The van der Waals surface area contributed by atoms with E-state index in [1.165, 1.54) is 16.9 Å². The average Bonchev–Trinajstić information content (AvgIpc) is 3.38. The van der Waals surface area contributed by atoms with Crippen molar-refractivity contribution in [1.82, 2.24) is 4.98 Å². The van der Waals surface area contributed by atoms with Crippen LogP contribution in [0.25, 0.3) is 0 Å². The molecule has 1 saturated carbocycles. The number of ether oxygens (including phenoxy) is 1. The zero-order valence-corrected chi connectivity index (χ0v) is 26.0. The monoisotopic (exact) mass is 553 g/mol. The quantitative estimate of drug-likeness (QED) is 0.109. The molecule has 5 nitrogen and oxygen atoms in total. The summed E-state index contributed by atoms with van der Waals surface area (Å²) in [6.45, 7) is 19.8. The summed E-state index contributed by atoms with van der Waals surface area (Å²) in [5.41, 5.74) is 1.58. The van der Waals surface area contributed by atoms with Crippen LogP contribution in [0.2, 0.25) is 18.1 Å². The Labute approximate surface area is 228 Å². The van der Waals surface area contributed by atoms with Gasteiger partial charge in [-0.3, -0.25) is 0 Å². The summed E-state index contributed by atoms with van der Waals surface area (Å²) >= 11 is 3.13. The lowest BCUT2D eigenvalue weighted by Crippen LogP contribution is -2.43. The third kappa shape index (κ3) is 9.75. The fourth-order valence-corrected chi connectivity index (χ4v) is 7.57. The van der Waals surface area contributed by atoms with E-state index in [0.717, 1.165) is 48.6 Å². The molecule has 0 aromatic carbocycles. The number of carbonyl (C=O) groups is 1. The molecule has 0 aliphatic heterocycles. The first-order chi connectivity index (χ1) is 16.8. The number of aliphatic hydroxyl groups is 1. The van der Waals surface area contributed by atoms with Crippen molar-refractivity contribution >= 4 is 37.4 Å². The van der Waals surface area contributed by atoms with Gasteiger partial charge in [0.05, 0.1) is 12.7 Å². The normalized spacial score (nSPS) is 21.7. The lowest BCUT2D eigenvalue weighted by Gasteiger charge is -2.39. The fraction of sp³-hybridized carbons (Fsp3) is 0.714. The number of nitrogens with zero attached hydrogens (tertiary/aromatic N) is 1. The summed E-state index contributed by atoms with van der Waals surface area (Å²) in [5, 5.41) is 12.6. The Kier molecular flexibility index (Phi) is 12.4. The highest BCUT2D eigenvalue weighted by Crippen LogP contribution is 2.39. The van der Waals surface area contributed by atoms with Crippen LogP contribution in [0.15, 0.2) is 34.0 Å². The summed E-state index contributed by atoms with van der Waals surface area (Å²) in [6, 6.07) is 0. The van der Waals surface area contributed by atoms with E-state index in [9.17, 15) is 9.90 Å². The first-order valence-corrected chi connectivity index (χ1v) is 18.0. The van der Waals surface area contributed by atoms with Crippen molar-refractivity contribution in [3.05, 3.63) is 35.4 Å². The number of hydrogen-bond donors (Lipinski definition) is 1. The number of hydrogen-bond acceptors (Lipinski definition) is 7. The highest BCUT2D eigenvalue weighted by Gasteiger charge is 2.39. The van der Waals surface area contributed by atoms with E-state index in [2.05, 4.69) is 64.5 Å². The molecule has 1 N–H and O–H groups in total. The second-order valence-electron chi connectivity index (χ2n) is 11.5. The van der Waals surface area contributed by atoms with Crippen LogP contribution in [-0.2, 0) is 9.16 Å². The molecular formula is C28H47NO4S2Si. The Morgan fingerprint density at radius 2 is 2.11 bits per heavy atom. The maximum atomic E-state index is 11.8. The predicted molar refractivity (Wildman–Crippen MR) is 156 cm³/mol. The smallest absolute Gasteiger partial charge is 0.357 e. The van der Waals surface area contributed by atoms with E-state index in [1.807, 2.05) is 0 Å². The molecule has 1 aromatic rings. The number of allylic oxidation sites excluding steroid dienone is 2. The number of aliphatic hydroxyl groups excluding tert-OH is 1. The van der Waals surface area contributed by atoms with Gasteiger partial charge >= 0.3 is 5.97 Å². The van der Waals surface area contributed by atoms with E-state index in [-0.39, 0.29) is 29.1 Å². The highest BCUT2D eigenvalue weighted by atomic mass is 32.2. The second kappa shape index (κ2) is 14.3. The van der Waals surface area contributed by atoms with Crippen LogP contribution in [0, 0.1) is 11.8 Å². The summed E-state index contributed by atoms with van der Waals surface area (Å²) in [4.78, 5) is 16.2. The van der Waals surface area contributed by atoms with Crippen LogP contribution in [0.1, 0.15) is 83.6 Å². The van der Waals surface area contributed by atoms with Crippen molar-refractivity contribution in [3.8, 4) is 0 Å². The standard InChI is InChI=1S/C28H47NO4S2Si/c1-9-32-26(31)24-19-35-27(29-24)34-18-17-23-21(14-16-25(23)30)11-10-12-22(15-13-20(2)3)33-36(7,8)28(4,5)6/h10-11,19,21-23,25,30H,2,9,12-18H2,1,3-8H3/t21-,22?,23+,25-/m0/s1. The van der Waals surface area contributed by atoms with Gasteiger partial charge < -0.3 is 14.3 Å². The first kappa shape index (κ1) is 31.3. The van der Waals surface area contributed by atoms with E-state index in [4.69, 9.17) is 9.16 Å². The number of carbonyl (C=O) groups excluding carboxylic acids is 1. The summed E-state index contributed by atoms with van der Waals surface area (Å²) in [5.74, 6) is 1.16. The molecule has 0 saturated heterocycles. The fourth-order valence-electron chi connectivity index (χ4n) is 4.26. The maximum Gasteiger partial charge on any atom is 0.357 e. The molecule has 2 rings (SSSR count). The van der Waals surface area contributed by atoms with Crippen LogP contribution in [-0.4, -0.2) is 48.9 Å². The van der Waals surface area contributed by atoms with E-state index >= 15 is 0 Å². The predicted octanol–water partition coefficient (Wildman–Crippen LogP) is 7.88. The van der Waals surface area contributed by atoms with Crippen molar-refractivity contribution in [2.75, 3.05) is 12.4 Å². The molecule has 1 unspecified atom stereocenters. The van der Waals surface area contributed by atoms with E-state index < -0.39 is 8.32 Å². The maximum absolute atomic E-state index is 11.8. The van der Waals surface area contributed by atoms with Gasteiger partial charge in [0.2, 0.25) is 0 Å². The SMILES string of the molecule is C=C(C)CCC(CC=C[C@H]1CC[C@H](O)[C@@H]1CCSc1nc(C(=O)OCC)cs1)O[Si](C)(C)C(C)(C)C. The number of aromatic nitrogens is 1. The topological polar surface area (TPSA) is 68.7 Å². The van der Waals surface area contributed by atoms with Crippen LogP contribution >= 0.6 is 23.1 Å². The Balaban J connectivity index is 1.92. The minimum Gasteiger partial charge on any atom is -0.461 e. The molecule has 1 aliphatic rings. The molecule has 1 aliphatic carbocycles. The molecule has 204 valence electrons. The summed E-state index contributed by atoms with van der Waals surface area (Å²) in [6.07, 6.45) is 10.3. The lowest BCUT2D eigenvalue weighted by molar-refractivity contribution is 0.0520. The van der Waals surface area contributed by atoms with Gasteiger partial charge in [-0.2, -0.15) is 0 Å². The van der Waals surface area contributed by atoms with Gasteiger partial charge in [0, 0.05) is 17.2 Å². The van der Waals surface area contributed by atoms with Crippen molar-refractivity contribution < 1.29 is 19.1 Å². The molecule has 1 aromatic heterocycles. The number of thioether (sulfide) groups is 1. The van der Waals surface area contributed by atoms with Crippen LogP contribution in [0.3, 0.4) is 0 Å². The number of esters is 1. The lowest BCUT2D eigenvalue weighted by atomic mass is 9.91. The molecule has 1 fully saturated rings. The van der Waals surface area contributed by atoms with Crippen LogP contribution in [0.5, 0.6) is 0 Å². The Hall–Kier alpha value is -0.933. The van der Waals surface area contributed by atoms with Gasteiger partial charge in [0.25, 0.3) is 0 Å². The molecule has 4 atom stereocenters. The highest BCUT2D eigenvalue weighted by molar-refractivity contribution is 8.01. The molecule has 0 amide bonds. The van der Waals surface area contributed by atoms with E-state index in [0.29, 0.717) is 18.2 Å². The van der Waals surface area contributed by atoms with Crippen LogP contribution in [0.4, 0.5) is 0 Å². The minimum atomic E-state index is -1.85. The zero-order valence-electron chi connectivity index (χ0n) is 23.3. The molecular weight excluding hydrogens is 507 g/mol. The minimum absolute atomic E-state index is 0.186. The van der Waals surface area contributed by atoms with Crippen molar-refractivity contribution in [1.29, 1.82) is 0 Å². The van der Waals surface area contributed by atoms with Crippen LogP contribution < -0.4 is 0 Å². The molecule has 0 bridgehead atoms. The Morgan fingerprint density at radius 3 is 2.75 bits per heavy atom. The largest absolute Gasteiger partial charge is 0.461 e. The molecule has 0 radical (unpaired) electrons. The molecule has 8 heteroatoms. The zero-order chi connectivity index (χ0) is 26.9. The van der Waals surface area contributed by atoms with Crippen molar-refractivity contribution in [2.24, 2.45) is 11.8 Å². The van der Waals surface area contributed by atoms with Gasteiger partial charge in [0.1, 0.15) is 0 Å². The molecule has 36 heavy (non-hydrogen) atoms. The van der Waals surface area contributed by atoms with Gasteiger partial charge in [-0.25, -0.2) is 9.78 Å². The van der Waals surface area contributed by atoms with Gasteiger partial charge in [-0.15, -0.1) is 17.9 Å². The Bertz CT molecular complexity index is 877. The Morgan fingerprint density at radius 1 is 1.39 bits per heavy atom. The van der Waals surface area contributed by atoms with Gasteiger partial charge in [-0.05, 0) is 82.3 Å². The third-order valence-corrected chi connectivity index (χ3v) is 14.0. The first-order valence-electron chi connectivity index (χ1n) is 13.3.